The average molecular weight is 181 g/mol. The SMILES string of the molecule is CCC(NC1COC1)c1ncc[nH]1. The monoisotopic (exact) mass is 181 g/mol. The summed E-state index contributed by atoms with van der Waals surface area (Å²) >= 11 is 0. The molecule has 0 saturated carbocycles. The summed E-state index contributed by atoms with van der Waals surface area (Å²) in [5.74, 6) is 1.02. The van der Waals surface area contributed by atoms with Crippen LogP contribution < -0.4 is 5.32 Å². The molecule has 13 heavy (non-hydrogen) atoms. The quantitative estimate of drug-likeness (QED) is 0.724. The molecule has 0 radical (unpaired) electrons. The Kier molecular flexibility index (Phi) is 2.61. The van der Waals surface area contributed by atoms with E-state index in [2.05, 4.69) is 22.2 Å². The van der Waals surface area contributed by atoms with E-state index in [0.29, 0.717) is 12.1 Å². The fraction of sp³-hybridized carbons (Fsp3) is 0.667. The third-order valence-electron chi connectivity index (χ3n) is 2.33. The normalized spacial score (nSPS) is 19.8. The molecule has 1 aromatic rings. The van der Waals surface area contributed by atoms with E-state index in [9.17, 15) is 0 Å². The van der Waals surface area contributed by atoms with Gasteiger partial charge in [0.15, 0.2) is 0 Å². The number of imidazole rings is 1. The minimum absolute atomic E-state index is 0.337. The Bertz CT molecular complexity index is 243. The van der Waals surface area contributed by atoms with E-state index in [1.807, 2.05) is 6.20 Å². The van der Waals surface area contributed by atoms with Gasteiger partial charge in [-0.05, 0) is 6.42 Å². The van der Waals surface area contributed by atoms with E-state index in [4.69, 9.17) is 4.74 Å². The molecule has 1 fully saturated rings. The molecule has 1 aliphatic rings. The number of ether oxygens (including phenoxy) is 1. The van der Waals surface area contributed by atoms with Crippen molar-refractivity contribution in [2.24, 2.45) is 0 Å². The second kappa shape index (κ2) is 3.89. The summed E-state index contributed by atoms with van der Waals surface area (Å²) in [5.41, 5.74) is 0. The second-order valence-electron chi connectivity index (χ2n) is 3.34. The highest BCUT2D eigenvalue weighted by Gasteiger charge is 2.22. The second-order valence-corrected chi connectivity index (χ2v) is 3.34. The molecule has 0 aliphatic carbocycles. The largest absolute Gasteiger partial charge is 0.378 e. The highest BCUT2D eigenvalue weighted by atomic mass is 16.5. The summed E-state index contributed by atoms with van der Waals surface area (Å²) in [5, 5.41) is 3.49. The molecular weight excluding hydrogens is 166 g/mol. The molecule has 1 unspecified atom stereocenters. The van der Waals surface area contributed by atoms with Crippen molar-refractivity contribution in [3.63, 3.8) is 0 Å². The van der Waals surface area contributed by atoms with Crippen molar-refractivity contribution in [1.29, 1.82) is 0 Å². The van der Waals surface area contributed by atoms with Gasteiger partial charge in [0, 0.05) is 12.4 Å². The molecule has 0 spiro atoms. The molecule has 1 atom stereocenters. The van der Waals surface area contributed by atoms with Crippen molar-refractivity contribution in [3.05, 3.63) is 18.2 Å². The number of hydrogen-bond acceptors (Lipinski definition) is 3. The lowest BCUT2D eigenvalue weighted by Gasteiger charge is -2.30. The van der Waals surface area contributed by atoms with Gasteiger partial charge < -0.3 is 15.0 Å². The predicted octanol–water partition coefficient (Wildman–Crippen LogP) is 0.849. The van der Waals surface area contributed by atoms with Gasteiger partial charge >= 0.3 is 0 Å². The van der Waals surface area contributed by atoms with Gasteiger partial charge in [0.1, 0.15) is 5.82 Å². The summed E-state index contributed by atoms with van der Waals surface area (Å²) in [6, 6.07) is 0.846. The smallest absolute Gasteiger partial charge is 0.123 e. The number of rotatable bonds is 4. The standard InChI is InChI=1S/C9H15N3O/c1-2-8(9-10-3-4-11-9)12-7-5-13-6-7/h3-4,7-8,12H,2,5-6H2,1H3,(H,10,11). The average Bonchev–Trinajstić information content (AvgIpc) is 2.55. The lowest BCUT2D eigenvalue weighted by Crippen LogP contribution is -2.47. The predicted molar refractivity (Wildman–Crippen MR) is 49.4 cm³/mol. The summed E-state index contributed by atoms with van der Waals surface area (Å²) in [7, 11) is 0. The molecule has 2 heterocycles. The maximum absolute atomic E-state index is 5.10. The first-order valence-corrected chi connectivity index (χ1v) is 4.73. The highest BCUT2D eigenvalue weighted by molar-refractivity contribution is 4.96. The highest BCUT2D eigenvalue weighted by Crippen LogP contribution is 2.14. The van der Waals surface area contributed by atoms with E-state index in [0.717, 1.165) is 25.5 Å². The van der Waals surface area contributed by atoms with E-state index in [1.165, 1.54) is 0 Å². The van der Waals surface area contributed by atoms with Crippen LogP contribution in [-0.4, -0.2) is 29.2 Å². The summed E-state index contributed by atoms with van der Waals surface area (Å²) in [6.45, 7) is 3.81. The van der Waals surface area contributed by atoms with Crippen LogP contribution in [0.4, 0.5) is 0 Å². The van der Waals surface area contributed by atoms with Crippen molar-refractivity contribution in [1.82, 2.24) is 15.3 Å². The molecule has 2 rings (SSSR count). The van der Waals surface area contributed by atoms with Crippen molar-refractivity contribution < 1.29 is 4.74 Å². The molecule has 72 valence electrons. The van der Waals surface area contributed by atoms with Gasteiger partial charge in [-0.2, -0.15) is 0 Å². The number of nitrogens with one attached hydrogen (secondary N) is 2. The third-order valence-corrected chi connectivity index (χ3v) is 2.33. The first-order valence-electron chi connectivity index (χ1n) is 4.73. The Balaban J connectivity index is 1.92. The molecule has 4 heteroatoms. The Labute approximate surface area is 77.7 Å². The van der Waals surface area contributed by atoms with Gasteiger partial charge in [0.2, 0.25) is 0 Å². The number of aromatic amines is 1. The van der Waals surface area contributed by atoms with Crippen LogP contribution >= 0.6 is 0 Å². The molecule has 1 saturated heterocycles. The number of H-pyrrole nitrogens is 1. The Morgan fingerprint density at radius 3 is 3.08 bits per heavy atom. The van der Waals surface area contributed by atoms with Gasteiger partial charge in [-0.25, -0.2) is 4.98 Å². The number of nitrogens with zero attached hydrogens (tertiary/aromatic N) is 1. The van der Waals surface area contributed by atoms with Crippen LogP contribution in [0.3, 0.4) is 0 Å². The first kappa shape index (κ1) is 8.72. The van der Waals surface area contributed by atoms with E-state index < -0.39 is 0 Å². The van der Waals surface area contributed by atoms with Crippen LogP contribution in [0.5, 0.6) is 0 Å². The van der Waals surface area contributed by atoms with Crippen molar-refractivity contribution in [3.8, 4) is 0 Å². The molecule has 1 aromatic heterocycles. The maximum Gasteiger partial charge on any atom is 0.123 e. The number of hydrogen-bond donors (Lipinski definition) is 2. The van der Waals surface area contributed by atoms with E-state index >= 15 is 0 Å². The van der Waals surface area contributed by atoms with Crippen molar-refractivity contribution in [2.45, 2.75) is 25.4 Å². The minimum atomic E-state index is 0.337. The van der Waals surface area contributed by atoms with Crippen LogP contribution in [0.15, 0.2) is 12.4 Å². The van der Waals surface area contributed by atoms with Gasteiger partial charge in [0.05, 0.1) is 25.3 Å². The van der Waals surface area contributed by atoms with Gasteiger partial charge in [-0.3, -0.25) is 0 Å². The molecule has 2 N–H and O–H groups in total. The van der Waals surface area contributed by atoms with Crippen molar-refractivity contribution in [2.75, 3.05) is 13.2 Å². The molecule has 4 nitrogen and oxygen atoms in total. The van der Waals surface area contributed by atoms with E-state index in [1.54, 1.807) is 6.20 Å². The van der Waals surface area contributed by atoms with Crippen LogP contribution in [0.1, 0.15) is 25.2 Å². The van der Waals surface area contributed by atoms with Gasteiger partial charge in [-0.1, -0.05) is 6.92 Å². The zero-order valence-electron chi connectivity index (χ0n) is 7.79. The lowest BCUT2D eigenvalue weighted by molar-refractivity contribution is -0.0107. The summed E-state index contributed by atoms with van der Waals surface area (Å²) < 4.78 is 5.10. The molecule has 1 aliphatic heterocycles. The van der Waals surface area contributed by atoms with Crippen molar-refractivity contribution >= 4 is 0 Å². The van der Waals surface area contributed by atoms with Gasteiger partial charge in [-0.15, -0.1) is 0 Å². The van der Waals surface area contributed by atoms with Crippen LogP contribution in [0.2, 0.25) is 0 Å². The van der Waals surface area contributed by atoms with Crippen LogP contribution in [0, 0.1) is 0 Å². The Morgan fingerprint density at radius 1 is 1.77 bits per heavy atom. The zero-order chi connectivity index (χ0) is 9.10. The molecular formula is C9H15N3O. The summed E-state index contributed by atoms with van der Waals surface area (Å²) in [4.78, 5) is 7.37. The Hall–Kier alpha value is -0.870. The maximum atomic E-state index is 5.10. The Morgan fingerprint density at radius 2 is 2.62 bits per heavy atom. The fourth-order valence-corrected chi connectivity index (χ4v) is 1.47. The van der Waals surface area contributed by atoms with Gasteiger partial charge in [0.25, 0.3) is 0 Å². The summed E-state index contributed by atoms with van der Waals surface area (Å²) in [6.07, 6.45) is 4.69. The number of aromatic nitrogens is 2. The van der Waals surface area contributed by atoms with E-state index in [-0.39, 0.29) is 0 Å². The molecule has 0 bridgehead atoms. The van der Waals surface area contributed by atoms with Crippen LogP contribution in [-0.2, 0) is 4.74 Å². The lowest BCUT2D eigenvalue weighted by atomic mass is 10.1. The zero-order valence-corrected chi connectivity index (χ0v) is 7.79. The third kappa shape index (κ3) is 1.89. The first-order chi connectivity index (χ1) is 6.40. The topological polar surface area (TPSA) is 49.9 Å². The molecule has 0 aromatic carbocycles. The minimum Gasteiger partial charge on any atom is -0.378 e. The fourth-order valence-electron chi connectivity index (χ4n) is 1.47. The van der Waals surface area contributed by atoms with Crippen LogP contribution in [0.25, 0.3) is 0 Å². The molecule has 0 amide bonds.